The molecule has 0 aliphatic carbocycles. The second-order valence-corrected chi connectivity index (χ2v) is 5.42. The van der Waals surface area contributed by atoms with Crippen molar-refractivity contribution in [2.45, 2.75) is 6.92 Å². The Morgan fingerprint density at radius 2 is 1.93 bits per heavy atom. The van der Waals surface area contributed by atoms with E-state index in [0.717, 1.165) is 0 Å². The molecule has 27 heavy (non-hydrogen) atoms. The SMILES string of the molecule is Cc1cc(NC(=O)COC(=O)c2ccccc2NC(=O)c2ccco2)no1. The van der Waals surface area contributed by atoms with E-state index in [4.69, 9.17) is 13.7 Å². The average Bonchev–Trinajstić information content (AvgIpc) is 3.32. The summed E-state index contributed by atoms with van der Waals surface area (Å²) in [5, 5.41) is 8.61. The third-order valence-electron chi connectivity index (χ3n) is 3.37. The molecule has 0 fully saturated rings. The minimum absolute atomic E-state index is 0.0976. The molecule has 0 unspecified atom stereocenters. The molecule has 2 aromatic heterocycles. The number of nitrogens with zero attached hydrogens (tertiary/aromatic N) is 1. The highest BCUT2D eigenvalue weighted by Crippen LogP contribution is 2.17. The van der Waals surface area contributed by atoms with Gasteiger partial charge in [0.2, 0.25) is 0 Å². The van der Waals surface area contributed by atoms with Gasteiger partial charge in [0.25, 0.3) is 11.8 Å². The van der Waals surface area contributed by atoms with Crippen LogP contribution in [-0.2, 0) is 9.53 Å². The van der Waals surface area contributed by atoms with Gasteiger partial charge in [-0.25, -0.2) is 4.79 Å². The van der Waals surface area contributed by atoms with Crippen molar-refractivity contribution < 1.29 is 28.1 Å². The zero-order chi connectivity index (χ0) is 19.2. The van der Waals surface area contributed by atoms with Crippen molar-refractivity contribution in [3.63, 3.8) is 0 Å². The van der Waals surface area contributed by atoms with Crippen LogP contribution in [0.2, 0.25) is 0 Å². The summed E-state index contributed by atoms with van der Waals surface area (Å²) in [4.78, 5) is 36.2. The molecule has 0 saturated carbocycles. The smallest absolute Gasteiger partial charge is 0.340 e. The maximum Gasteiger partial charge on any atom is 0.340 e. The first-order valence-electron chi connectivity index (χ1n) is 7.87. The van der Waals surface area contributed by atoms with Crippen molar-refractivity contribution in [1.29, 1.82) is 0 Å². The summed E-state index contributed by atoms with van der Waals surface area (Å²) in [5.74, 6) is -1.01. The lowest BCUT2D eigenvalue weighted by Gasteiger charge is -2.10. The van der Waals surface area contributed by atoms with E-state index in [9.17, 15) is 14.4 Å². The first-order valence-corrected chi connectivity index (χ1v) is 7.87. The van der Waals surface area contributed by atoms with Crippen LogP contribution in [0.15, 0.2) is 57.7 Å². The zero-order valence-corrected chi connectivity index (χ0v) is 14.2. The number of hydrogen-bond donors (Lipinski definition) is 2. The Kier molecular flexibility index (Phi) is 5.31. The Morgan fingerprint density at radius 1 is 1.11 bits per heavy atom. The number of nitrogens with one attached hydrogen (secondary N) is 2. The number of amides is 2. The summed E-state index contributed by atoms with van der Waals surface area (Å²) in [7, 11) is 0. The molecule has 9 nitrogen and oxygen atoms in total. The normalized spacial score (nSPS) is 10.3. The van der Waals surface area contributed by atoms with Gasteiger partial charge in [0.15, 0.2) is 18.2 Å². The number of anilines is 2. The predicted octanol–water partition coefficient (Wildman–Crippen LogP) is 2.62. The van der Waals surface area contributed by atoms with Crippen molar-refractivity contribution in [2.24, 2.45) is 0 Å². The molecule has 0 atom stereocenters. The number of aryl methyl sites for hydroxylation is 1. The maximum absolute atomic E-state index is 12.3. The molecule has 0 aliphatic rings. The first-order chi connectivity index (χ1) is 13.0. The van der Waals surface area contributed by atoms with Crippen LogP contribution in [0.4, 0.5) is 11.5 Å². The Balaban J connectivity index is 1.61. The number of carbonyl (C=O) groups is 3. The summed E-state index contributed by atoms with van der Waals surface area (Å²) >= 11 is 0. The van der Waals surface area contributed by atoms with E-state index in [-0.39, 0.29) is 22.8 Å². The maximum atomic E-state index is 12.3. The van der Waals surface area contributed by atoms with Crippen molar-refractivity contribution >= 4 is 29.3 Å². The van der Waals surface area contributed by atoms with E-state index >= 15 is 0 Å². The van der Waals surface area contributed by atoms with Crippen LogP contribution in [0.1, 0.15) is 26.7 Å². The molecule has 0 bridgehead atoms. The van der Waals surface area contributed by atoms with E-state index in [2.05, 4.69) is 15.8 Å². The predicted molar refractivity (Wildman–Crippen MR) is 93.3 cm³/mol. The molecule has 0 radical (unpaired) electrons. The number of furan rings is 1. The molecular formula is C18H15N3O6. The summed E-state index contributed by atoms with van der Waals surface area (Å²) in [5.41, 5.74) is 0.332. The van der Waals surface area contributed by atoms with Crippen molar-refractivity contribution in [2.75, 3.05) is 17.2 Å². The number of para-hydroxylation sites is 1. The van der Waals surface area contributed by atoms with Crippen LogP contribution < -0.4 is 10.6 Å². The lowest BCUT2D eigenvalue weighted by atomic mass is 10.1. The molecule has 138 valence electrons. The van der Waals surface area contributed by atoms with Gasteiger partial charge in [-0.3, -0.25) is 9.59 Å². The largest absolute Gasteiger partial charge is 0.459 e. The van der Waals surface area contributed by atoms with Gasteiger partial charge in [0.05, 0.1) is 17.5 Å². The fourth-order valence-electron chi connectivity index (χ4n) is 2.17. The molecule has 2 heterocycles. The molecule has 3 aromatic rings. The number of ether oxygens (including phenoxy) is 1. The molecule has 2 amide bonds. The van der Waals surface area contributed by atoms with Gasteiger partial charge in [-0.15, -0.1) is 0 Å². The van der Waals surface area contributed by atoms with E-state index in [1.54, 1.807) is 25.1 Å². The van der Waals surface area contributed by atoms with Crippen LogP contribution in [0.25, 0.3) is 0 Å². The molecule has 0 saturated heterocycles. The Bertz CT molecular complexity index is 961. The van der Waals surface area contributed by atoms with Gasteiger partial charge in [0.1, 0.15) is 5.76 Å². The number of aromatic nitrogens is 1. The fraction of sp³-hybridized carbons (Fsp3) is 0.111. The van der Waals surface area contributed by atoms with Gasteiger partial charge >= 0.3 is 5.97 Å². The Hall–Kier alpha value is -3.88. The molecule has 0 aliphatic heterocycles. The van der Waals surface area contributed by atoms with Crippen molar-refractivity contribution in [3.8, 4) is 0 Å². The second-order valence-electron chi connectivity index (χ2n) is 5.42. The minimum Gasteiger partial charge on any atom is -0.459 e. The van der Waals surface area contributed by atoms with Crippen LogP contribution >= 0.6 is 0 Å². The number of benzene rings is 1. The molecular weight excluding hydrogens is 354 g/mol. The minimum atomic E-state index is -0.767. The first kappa shape index (κ1) is 17.9. The van der Waals surface area contributed by atoms with Gasteiger partial charge in [-0.1, -0.05) is 17.3 Å². The summed E-state index contributed by atoms with van der Waals surface area (Å²) < 4.78 is 14.8. The topological polar surface area (TPSA) is 124 Å². The number of esters is 1. The number of carbonyl (C=O) groups excluding carboxylic acids is 3. The lowest BCUT2D eigenvalue weighted by Crippen LogP contribution is -2.22. The highest BCUT2D eigenvalue weighted by molar-refractivity contribution is 6.07. The van der Waals surface area contributed by atoms with Gasteiger partial charge < -0.3 is 24.3 Å². The highest BCUT2D eigenvalue weighted by atomic mass is 16.5. The Labute approximate surface area is 153 Å². The van der Waals surface area contributed by atoms with Crippen molar-refractivity contribution in [1.82, 2.24) is 5.16 Å². The van der Waals surface area contributed by atoms with E-state index in [1.165, 1.54) is 30.5 Å². The van der Waals surface area contributed by atoms with Gasteiger partial charge in [-0.2, -0.15) is 0 Å². The monoisotopic (exact) mass is 369 g/mol. The van der Waals surface area contributed by atoms with Crippen LogP contribution in [0.5, 0.6) is 0 Å². The molecule has 0 spiro atoms. The number of rotatable bonds is 6. The second kappa shape index (κ2) is 8.00. The quantitative estimate of drug-likeness (QED) is 0.640. The molecule has 1 aromatic carbocycles. The third kappa shape index (κ3) is 4.60. The molecule has 9 heteroatoms. The molecule has 2 N–H and O–H groups in total. The van der Waals surface area contributed by atoms with Gasteiger partial charge in [-0.05, 0) is 31.2 Å². The van der Waals surface area contributed by atoms with Gasteiger partial charge in [0, 0.05) is 6.07 Å². The fourth-order valence-corrected chi connectivity index (χ4v) is 2.17. The van der Waals surface area contributed by atoms with E-state index < -0.39 is 24.4 Å². The van der Waals surface area contributed by atoms with E-state index in [1.807, 2.05) is 0 Å². The standard InChI is InChI=1S/C18H15N3O6/c1-11-9-15(21-27-11)20-16(22)10-26-18(24)12-5-2-3-6-13(12)19-17(23)14-7-4-8-25-14/h2-9H,10H2,1H3,(H,19,23)(H,20,21,22). The lowest BCUT2D eigenvalue weighted by molar-refractivity contribution is -0.119. The summed E-state index contributed by atoms with van der Waals surface area (Å²) in [6.07, 6.45) is 1.37. The van der Waals surface area contributed by atoms with Crippen LogP contribution in [0, 0.1) is 6.92 Å². The Morgan fingerprint density at radius 3 is 2.63 bits per heavy atom. The average molecular weight is 369 g/mol. The van der Waals surface area contributed by atoms with Crippen LogP contribution in [0.3, 0.4) is 0 Å². The summed E-state index contributed by atoms with van der Waals surface area (Å²) in [6, 6.07) is 10.9. The van der Waals surface area contributed by atoms with E-state index in [0.29, 0.717) is 5.76 Å². The molecule has 3 rings (SSSR count). The van der Waals surface area contributed by atoms with Crippen LogP contribution in [-0.4, -0.2) is 29.5 Å². The highest BCUT2D eigenvalue weighted by Gasteiger charge is 2.17. The summed E-state index contributed by atoms with van der Waals surface area (Å²) in [6.45, 7) is 1.15. The third-order valence-corrected chi connectivity index (χ3v) is 3.37. The van der Waals surface area contributed by atoms with Crippen molar-refractivity contribution in [3.05, 3.63) is 65.8 Å². The zero-order valence-electron chi connectivity index (χ0n) is 14.2. The number of hydrogen-bond acceptors (Lipinski definition) is 7.